The van der Waals surface area contributed by atoms with Crippen LogP contribution >= 0.6 is 11.6 Å². The molecule has 0 unspecified atom stereocenters. The van der Waals surface area contributed by atoms with E-state index in [1.807, 2.05) is 19.1 Å². The lowest BCUT2D eigenvalue weighted by Crippen LogP contribution is -1.93. The van der Waals surface area contributed by atoms with Crippen LogP contribution in [0, 0.1) is 18.6 Å². The van der Waals surface area contributed by atoms with Crippen molar-refractivity contribution < 1.29 is 13.5 Å². The number of halogens is 3. The number of hydrogen-bond donors (Lipinski definition) is 0. The van der Waals surface area contributed by atoms with Crippen LogP contribution in [0.5, 0.6) is 11.5 Å². The molecule has 0 aliphatic heterocycles. The fraction of sp³-hybridized carbons (Fsp3) is 0.143. The van der Waals surface area contributed by atoms with E-state index in [-0.39, 0.29) is 5.75 Å². The maximum atomic E-state index is 13.5. The molecule has 0 spiro atoms. The van der Waals surface area contributed by atoms with E-state index >= 15 is 0 Å². The first-order chi connectivity index (χ1) is 8.60. The van der Waals surface area contributed by atoms with Gasteiger partial charge in [0.05, 0.1) is 0 Å². The monoisotopic (exact) mass is 268 g/mol. The molecular weight excluding hydrogens is 258 g/mol. The van der Waals surface area contributed by atoms with E-state index in [1.54, 1.807) is 6.07 Å². The van der Waals surface area contributed by atoms with Crippen LogP contribution in [0.1, 0.15) is 11.1 Å². The van der Waals surface area contributed by atoms with Crippen molar-refractivity contribution in [2.24, 2.45) is 0 Å². The number of alkyl halides is 1. The van der Waals surface area contributed by atoms with E-state index in [0.29, 0.717) is 11.6 Å². The molecule has 2 rings (SSSR count). The Hall–Kier alpha value is -1.61. The second-order valence-electron chi connectivity index (χ2n) is 3.91. The maximum absolute atomic E-state index is 13.5. The summed E-state index contributed by atoms with van der Waals surface area (Å²) in [5, 5.41) is 0. The van der Waals surface area contributed by atoms with Gasteiger partial charge in [-0.2, -0.15) is 0 Å². The van der Waals surface area contributed by atoms with Crippen molar-refractivity contribution in [3.8, 4) is 11.5 Å². The molecule has 0 aliphatic rings. The highest BCUT2D eigenvalue weighted by molar-refractivity contribution is 6.17. The van der Waals surface area contributed by atoms with Gasteiger partial charge in [-0.3, -0.25) is 0 Å². The molecule has 0 aliphatic carbocycles. The van der Waals surface area contributed by atoms with Crippen LogP contribution in [0.25, 0.3) is 0 Å². The summed E-state index contributed by atoms with van der Waals surface area (Å²) in [5.74, 6) is -0.477. The molecule has 0 N–H and O–H groups in total. The molecule has 0 aromatic heterocycles. The molecule has 18 heavy (non-hydrogen) atoms. The lowest BCUT2D eigenvalue weighted by atomic mass is 10.1. The van der Waals surface area contributed by atoms with Crippen molar-refractivity contribution in [2.45, 2.75) is 12.8 Å². The van der Waals surface area contributed by atoms with Crippen LogP contribution in [0.4, 0.5) is 8.78 Å². The Morgan fingerprint density at radius 3 is 2.56 bits per heavy atom. The van der Waals surface area contributed by atoms with Gasteiger partial charge in [0.2, 0.25) is 0 Å². The summed E-state index contributed by atoms with van der Waals surface area (Å²) in [4.78, 5) is 0. The quantitative estimate of drug-likeness (QED) is 0.726. The van der Waals surface area contributed by atoms with Crippen molar-refractivity contribution >= 4 is 11.6 Å². The summed E-state index contributed by atoms with van der Waals surface area (Å²) < 4.78 is 31.9. The third-order valence-corrected chi connectivity index (χ3v) is 2.83. The van der Waals surface area contributed by atoms with Gasteiger partial charge in [-0.15, -0.1) is 11.6 Å². The van der Waals surface area contributed by atoms with Crippen molar-refractivity contribution in [1.82, 2.24) is 0 Å². The predicted octanol–water partition coefficient (Wildman–Crippen LogP) is 4.80. The first kappa shape index (κ1) is 12.8. The largest absolute Gasteiger partial charge is 0.454 e. The average Bonchev–Trinajstić information content (AvgIpc) is 2.36. The van der Waals surface area contributed by atoms with E-state index in [1.165, 1.54) is 0 Å². The topological polar surface area (TPSA) is 9.23 Å². The number of ether oxygens (including phenoxy) is 1. The fourth-order valence-corrected chi connectivity index (χ4v) is 1.68. The van der Waals surface area contributed by atoms with Gasteiger partial charge in [0.15, 0.2) is 11.6 Å². The normalized spacial score (nSPS) is 10.4. The van der Waals surface area contributed by atoms with Crippen LogP contribution < -0.4 is 4.74 Å². The van der Waals surface area contributed by atoms with E-state index in [9.17, 15) is 8.78 Å². The molecular formula is C14H11ClF2O. The third kappa shape index (κ3) is 2.79. The maximum Gasteiger partial charge on any atom is 0.165 e. The molecule has 0 amide bonds. The number of rotatable bonds is 3. The van der Waals surface area contributed by atoms with Crippen molar-refractivity contribution in [2.75, 3.05) is 0 Å². The average molecular weight is 269 g/mol. The van der Waals surface area contributed by atoms with Gasteiger partial charge in [-0.25, -0.2) is 8.78 Å². The van der Waals surface area contributed by atoms with Gasteiger partial charge < -0.3 is 4.74 Å². The Morgan fingerprint density at radius 2 is 1.83 bits per heavy atom. The molecule has 4 heteroatoms. The summed E-state index contributed by atoms with van der Waals surface area (Å²) in [6, 6.07) is 8.49. The summed E-state index contributed by atoms with van der Waals surface area (Å²) in [6.07, 6.45) is 0. The Balaban J connectivity index is 2.36. The first-order valence-corrected chi connectivity index (χ1v) is 5.92. The zero-order chi connectivity index (χ0) is 13.1. The SMILES string of the molecule is Cc1ccc(CCl)cc1Oc1cc(F)ccc1F. The molecule has 2 aromatic rings. The Labute approximate surface area is 109 Å². The van der Waals surface area contributed by atoms with Crippen LogP contribution in [0.2, 0.25) is 0 Å². The second kappa shape index (κ2) is 5.36. The zero-order valence-electron chi connectivity index (χ0n) is 9.71. The van der Waals surface area contributed by atoms with Gasteiger partial charge in [-0.05, 0) is 36.2 Å². The minimum atomic E-state index is -0.605. The van der Waals surface area contributed by atoms with Crippen molar-refractivity contribution in [3.05, 3.63) is 59.2 Å². The summed E-state index contributed by atoms with van der Waals surface area (Å²) >= 11 is 5.72. The van der Waals surface area contributed by atoms with Gasteiger partial charge >= 0.3 is 0 Å². The molecule has 0 atom stereocenters. The zero-order valence-corrected chi connectivity index (χ0v) is 10.5. The molecule has 2 aromatic carbocycles. The fourth-order valence-electron chi connectivity index (χ4n) is 1.51. The van der Waals surface area contributed by atoms with Gasteiger partial charge in [0.1, 0.15) is 11.6 Å². The molecule has 0 radical (unpaired) electrons. The smallest absolute Gasteiger partial charge is 0.165 e. The molecule has 94 valence electrons. The highest BCUT2D eigenvalue weighted by Crippen LogP contribution is 2.29. The standard InChI is InChI=1S/C14H11ClF2O/c1-9-2-3-10(8-15)6-13(9)18-14-7-11(16)4-5-12(14)17/h2-7H,8H2,1H3. The minimum absolute atomic E-state index is 0.134. The van der Waals surface area contributed by atoms with Crippen LogP contribution in [-0.4, -0.2) is 0 Å². The number of aryl methyl sites for hydroxylation is 1. The van der Waals surface area contributed by atoms with Gasteiger partial charge in [0.25, 0.3) is 0 Å². The molecule has 1 nitrogen and oxygen atoms in total. The molecule has 0 heterocycles. The summed E-state index contributed by atoms with van der Waals surface area (Å²) in [6.45, 7) is 1.82. The van der Waals surface area contributed by atoms with Gasteiger partial charge in [-0.1, -0.05) is 12.1 Å². The van der Waals surface area contributed by atoms with Gasteiger partial charge in [0, 0.05) is 11.9 Å². The second-order valence-corrected chi connectivity index (χ2v) is 4.18. The molecule has 0 fully saturated rings. The minimum Gasteiger partial charge on any atom is -0.454 e. The predicted molar refractivity (Wildman–Crippen MR) is 67.2 cm³/mol. The van der Waals surface area contributed by atoms with E-state index in [0.717, 1.165) is 29.3 Å². The number of benzene rings is 2. The first-order valence-electron chi connectivity index (χ1n) is 5.38. The number of hydrogen-bond acceptors (Lipinski definition) is 1. The summed E-state index contributed by atoms with van der Waals surface area (Å²) in [7, 11) is 0. The molecule has 0 bridgehead atoms. The van der Waals surface area contributed by atoms with Crippen LogP contribution in [0.15, 0.2) is 36.4 Å². The Morgan fingerprint density at radius 1 is 1.06 bits per heavy atom. The molecule has 0 saturated carbocycles. The highest BCUT2D eigenvalue weighted by atomic mass is 35.5. The van der Waals surface area contributed by atoms with Crippen LogP contribution in [0.3, 0.4) is 0 Å². The van der Waals surface area contributed by atoms with Crippen molar-refractivity contribution in [3.63, 3.8) is 0 Å². The van der Waals surface area contributed by atoms with Crippen LogP contribution in [-0.2, 0) is 5.88 Å². The Kier molecular flexibility index (Phi) is 3.82. The van der Waals surface area contributed by atoms with E-state index < -0.39 is 11.6 Å². The van der Waals surface area contributed by atoms with Crippen molar-refractivity contribution in [1.29, 1.82) is 0 Å². The van der Waals surface area contributed by atoms with E-state index in [2.05, 4.69) is 0 Å². The van der Waals surface area contributed by atoms with E-state index in [4.69, 9.17) is 16.3 Å². The molecule has 0 saturated heterocycles. The lowest BCUT2D eigenvalue weighted by molar-refractivity contribution is 0.433. The third-order valence-electron chi connectivity index (χ3n) is 2.52. The summed E-state index contributed by atoms with van der Waals surface area (Å²) in [5.41, 5.74) is 1.68. The highest BCUT2D eigenvalue weighted by Gasteiger charge is 2.08. The lowest BCUT2D eigenvalue weighted by Gasteiger charge is -2.10. The Bertz CT molecular complexity index is 570.